The van der Waals surface area contributed by atoms with E-state index in [0.29, 0.717) is 17.9 Å². The molecule has 0 bridgehead atoms. The van der Waals surface area contributed by atoms with Crippen molar-refractivity contribution in [3.63, 3.8) is 0 Å². The molecular weight excluding hydrogens is 313 g/mol. The van der Waals surface area contributed by atoms with Crippen molar-refractivity contribution in [1.29, 1.82) is 0 Å². The number of pyridine rings is 1. The molecule has 0 atom stereocenters. The number of aromatic nitrogens is 3. The number of nitrogens with one attached hydrogen (secondary N) is 1. The van der Waals surface area contributed by atoms with Crippen molar-refractivity contribution in [1.82, 2.24) is 19.9 Å². The zero-order valence-corrected chi connectivity index (χ0v) is 13.4. The first-order valence-corrected chi connectivity index (χ1v) is 5.97. The lowest BCUT2D eigenvalue weighted by atomic mass is 10.1. The molecule has 0 radical (unpaired) electrons. The van der Waals surface area contributed by atoms with Gasteiger partial charge >= 0.3 is 0 Å². The van der Waals surface area contributed by atoms with E-state index in [2.05, 4.69) is 15.3 Å². The lowest BCUT2D eigenvalue weighted by Crippen LogP contribution is -2.45. The number of carbonyl (C=O) groups is 1. The van der Waals surface area contributed by atoms with Gasteiger partial charge in [0.2, 0.25) is 0 Å². The number of amides is 1. The summed E-state index contributed by atoms with van der Waals surface area (Å²) in [6.07, 6.45) is 6.66. The highest BCUT2D eigenvalue weighted by Gasteiger charge is 2.13. The maximum absolute atomic E-state index is 12.0. The van der Waals surface area contributed by atoms with Gasteiger partial charge in [0, 0.05) is 36.2 Å². The first-order chi connectivity index (χ1) is 8.96. The summed E-state index contributed by atoms with van der Waals surface area (Å²) in [6.45, 7) is 4.13. The largest absolute Gasteiger partial charge is 0.350 e. The van der Waals surface area contributed by atoms with Crippen molar-refractivity contribution >= 4 is 30.7 Å². The highest BCUT2D eigenvalue weighted by molar-refractivity contribution is 5.94. The van der Waals surface area contributed by atoms with Crippen LogP contribution >= 0.6 is 24.8 Å². The molecule has 2 aromatic rings. The van der Waals surface area contributed by atoms with E-state index in [0.717, 1.165) is 0 Å². The molecule has 0 aliphatic carbocycles. The maximum Gasteiger partial charge on any atom is 0.251 e. The van der Waals surface area contributed by atoms with E-state index in [1.165, 1.54) is 0 Å². The molecule has 0 fully saturated rings. The fourth-order valence-corrected chi connectivity index (χ4v) is 1.51. The molecule has 0 aliphatic rings. The molecule has 2 rings (SSSR count). The van der Waals surface area contributed by atoms with Crippen LogP contribution in [-0.2, 0) is 0 Å². The van der Waals surface area contributed by atoms with Crippen LogP contribution < -0.4 is 11.1 Å². The monoisotopic (exact) mass is 331 g/mol. The summed E-state index contributed by atoms with van der Waals surface area (Å²) in [7, 11) is 0. The Balaban J connectivity index is 0.00000200. The summed E-state index contributed by atoms with van der Waals surface area (Å²) in [5.41, 5.74) is 5.94. The Morgan fingerprint density at radius 1 is 1.38 bits per heavy atom. The number of nitrogens with zero attached hydrogens (tertiary/aromatic N) is 3. The summed E-state index contributed by atoms with van der Waals surface area (Å²) in [5.74, 6) is 0.486. The third-order valence-corrected chi connectivity index (χ3v) is 2.48. The van der Waals surface area contributed by atoms with E-state index in [9.17, 15) is 4.79 Å². The van der Waals surface area contributed by atoms with E-state index < -0.39 is 5.54 Å². The van der Waals surface area contributed by atoms with Crippen LogP contribution in [0, 0.1) is 0 Å². The van der Waals surface area contributed by atoms with Gasteiger partial charge in [-0.1, -0.05) is 0 Å². The zero-order chi connectivity index (χ0) is 13.9. The van der Waals surface area contributed by atoms with Gasteiger partial charge in [0.25, 0.3) is 5.91 Å². The van der Waals surface area contributed by atoms with Gasteiger partial charge in [0.15, 0.2) is 0 Å². The molecule has 0 spiro atoms. The summed E-state index contributed by atoms with van der Waals surface area (Å²) in [5, 5.41) is 2.79. The van der Waals surface area contributed by atoms with Crippen molar-refractivity contribution in [2.75, 3.05) is 6.54 Å². The van der Waals surface area contributed by atoms with E-state index >= 15 is 0 Å². The molecule has 0 aliphatic heterocycles. The average Bonchev–Trinajstić information content (AvgIpc) is 2.89. The first kappa shape index (κ1) is 19.4. The molecule has 0 saturated heterocycles. The summed E-state index contributed by atoms with van der Waals surface area (Å²) in [6, 6.07) is 3.37. The van der Waals surface area contributed by atoms with Gasteiger partial charge < -0.3 is 11.1 Å². The second-order valence-electron chi connectivity index (χ2n) is 5.04. The smallest absolute Gasteiger partial charge is 0.251 e. The van der Waals surface area contributed by atoms with Crippen molar-refractivity contribution in [2.45, 2.75) is 19.4 Å². The van der Waals surface area contributed by atoms with Gasteiger partial charge in [-0.3, -0.25) is 9.36 Å². The Kier molecular flexibility index (Phi) is 7.35. The number of halogens is 2. The van der Waals surface area contributed by atoms with Gasteiger partial charge in [0.1, 0.15) is 12.1 Å². The van der Waals surface area contributed by atoms with Crippen LogP contribution in [0.15, 0.2) is 37.1 Å². The predicted octanol–water partition coefficient (Wildman–Crippen LogP) is 1.58. The third kappa shape index (κ3) is 5.71. The van der Waals surface area contributed by atoms with Crippen molar-refractivity contribution < 1.29 is 4.79 Å². The van der Waals surface area contributed by atoms with Gasteiger partial charge in [-0.2, -0.15) is 0 Å². The second kappa shape index (κ2) is 7.97. The normalized spacial score (nSPS) is 10.2. The Labute approximate surface area is 136 Å². The van der Waals surface area contributed by atoms with Gasteiger partial charge in [0.05, 0.1) is 0 Å². The van der Waals surface area contributed by atoms with Crippen molar-refractivity contribution in [3.8, 4) is 5.82 Å². The minimum absolute atomic E-state index is 0. The quantitative estimate of drug-likeness (QED) is 0.890. The SMILES string of the molecule is CC(C)(N)CNC(=O)c1ccnc(-n2ccnc2)c1.Cl.Cl. The molecular formula is C13H19Cl2N5O. The number of hydrogen-bond donors (Lipinski definition) is 2. The molecule has 3 N–H and O–H groups in total. The molecule has 2 heterocycles. The fraction of sp³-hybridized carbons (Fsp3) is 0.308. The molecule has 2 aromatic heterocycles. The molecule has 21 heavy (non-hydrogen) atoms. The maximum atomic E-state index is 12.0. The number of hydrogen-bond acceptors (Lipinski definition) is 4. The molecule has 6 nitrogen and oxygen atoms in total. The summed E-state index contributed by atoms with van der Waals surface area (Å²) < 4.78 is 1.74. The van der Waals surface area contributed by atoms with Crippen LogP contribution in [0.25, 0.3) is 5.82 Å². The Hall–Kier alpha value is -1.63. The van der Waals surface area contributed by atoms with Gasteiger partial charge in [-0.05, 0) is 26.0 Å². The summed E-state index contributed by atoms with van der Waals surface area (Å²) >= 11 is 0. The predicted molar refractivity (Wildman–Crippen MR) is 86.5 cm³/mol. The van der Waals surface area contributed by atoms with Gasteiger partial charge in [-0.15, -0.1) is 24.8 Å². The Bertz CT molecular complexity index is 566. The lowest BCUT2D eigenvalue weighted by Gasteiger charge is -2.18. The second-order valence-corrected chi connectivity index (χ2v) is 5.04. The van der Waals surface area contributed by atoms with Crippen LogP contribution in [-0.4, -0.2) is 32.5 Å². The Morgan fingerprint density at radius 3 is 2.67 bits per heavy atom. The van der Waals surface area contributed by atoms with E-state index in [1.807, 2.05) is 13.8 Å². The number of carbonyl (C=O) groups excluding carboxylic acids is 1. The average molecular weight is 332 g/mol. The molecule has 1 amide bonds. The van der Waals surface area contributed by atoms with Crippen LogP contribution in [0.4, 0.5) is 0 Å². The topological polar surface area (TPSA) is 85.8 Å². The van der Waals surface area contributed by atoms with Crippen LogP contribution in [0.3, 0.4) is 0 Å². The number of imidazole rings is 1. The molecule has 0 saturated carbocycles. The highest BCUT2D eigenvalue weighted by Crippen LogP contribution is 2.07. The fourth-order valence-electron chi connectivity index (χ4n) is 1.51. The minimum atomic E-state index is -0.435. The minimum Gasteiger partial charge on any atom is -0.350 e. The van der Waals surface area contributed by atoms with Crippen LogP contribution in [0.2, 0.25) is 0 Å². The van der Waals surface area contributed by atoms with Crippen molar-refractivity contribution in [2.24, 2.45) is 5.73 Å². The van der Waals surface area contributed by atoms with E-state index in [4.69, 9.17) is 5.73 Å². The summed E-state index contributed by atoms with van der Waals surface area (Å²) in [4.78, 5) is 20.1. The highest BCUT2D eigenvalue weighted by atomic mass is 35.5. The van der Waals surface area contributed by atoms with Crippen molar-refractivity contribution in [3.05, 3.63) is 42.6 Å². The molecule has 8 heteroatoms. The first-order valence-electron chi connectivity index (χ1n) is 5.97. The molecule has 116 valence electrons. The zero-order valence-electron chi connectivity index (χ0n) is 11.8. The van der Waals surface area contributed by atoms with E-state index in [1.54, 1.807) is 41.6 Å². The van der Waals surface area contributed by atoms with Gasteiger partial charge in [-0.25, -0.2) is 9.97 Å². The Morgan fingerprint density at radius 2 is 2.10 bits per heavy atom. The van der Waals surface area contributed by atoms with Crippen LogP contribution in [0.1, 0.15) is 24.2 Å². The van der Waals surface area contributed by atoms with Crippen LogP contribution in [0.5, 0.6) is 0 Å². The number of nitrogens with two attached hydrogens (primary N) is 1. The standard InChI is InChI=1S/C13H17N5O.2ClH/c1-13(2,14)8-17-12(19)10-3-4-16-11(7-10)18-6-5-15-9-18;;/h3-7,9H,8,14H2,1-2H3,(H,17,19);2*1H. The third-order valence-electron chi connectivity index (χ3n) is 2.48. The van der Waals surface area contributed by atoms with E-state index in [-0.39, 0.29) is 30.7 Å². The molecule has 0 unspecified atom stereocenters. The number of rotatable bonds is 4. The lowest BCUT2D eigenvalue weighted by molar-refractivity contribution is 0.0946. The molecule has 0 aromatic carbocycles.